The Labute approximate surface area is 49.5 Å². The van der Waals surface area contributed by atoms with Crippen molar-refractivity contribution < 1.29 is 0 Å². The summed E-state index contributed by atoms with van der Waals surface area (Å²) in [6.07, 6.45) is 4.60. The lowest BCUT2D eigenvalue weighted by molar-refractivity contribution is 1.50. The third kappa shape index (κ3) is 3.28. The molecule has 0 aliphatic rings. The van der Waals surface area contributed by atoms with Gasteiger partial charge in [-0.15, -0.1) is 0 Å². The third-order valence-corrected chi connectivity index (χ3v) is 0.808. The highest BCUT2D eigenvalue weighted by Gasteiger charge is 1.72. The summed E-state index contributed by atoms with van der Waals surface area (Å²) in [5.74, 6) is 0. The van der Waals surface area contributed by atoms with E-state index in [2.05, 4.69) is 4.99 Å². The van der Waals surface area contributed by atoms with Gasteiger partial charge in [-0.25, -0.2) is 4.99 Å². The average molecular weight is 110 g/mol. The van der Waals surface area contributed by atoms with Crippen LogP contribution in [0.25, 0.3) is 0 Å². The van der Waals surface area contributed by atoms with Gasteiger partial charge in [-0.2, -0.15) is 0 Å². The van der Waals surface area contributed by atoms with Crippen molar-refractivity contribution in [2.45, 2.75) is 13.8 Å². The van der Waals surface area contributed by atoms with E-state index in [1.54, 1.807) is 6.21 Å². The van der Waals surface area contributed by atoms with Crippen LogP contribution in [0.4, 0.5) is 0 Å². The standard InChI is InChI=1S/C6H10N2/c1-3-6(2)4-8-5-7/h3-5,7H,1-2H3/b6-3-,7-5?,8-4?. The zero-order valence-electron chi connectivity index (χ0n) is 5.18. The Kier molecular flexibility index (Phi) is 3.76. The fourth-order valence-corrected chi connectivity index (χ4v) is 0.229. The number of hydrogen-bond donors (Lipinski definition) is 1. The summed E-state index contributed by atoms with van der Waals surface area (Å²) in [6, 6.07) is 0. The first-order valence-corrected chi connectivity index (χ1v) is 2.46. The lowest BCUT2D eigenvalue weighted by Crippen LogP contribution is -1.74. The molecule has 0 atom stereocenters. The van der Waals surface area contributed by atoms with E-state index in [0.29, 0.717) is 0 Å². The van der Waals surface area contributed by atoms with Crippen molar-refractivity contribution >= 4 is 12.6 Å². The Bertz CT molecular complexity index is 122. The van der Waals surface area contributed by atoms with Crippen LogP contribution in [0.2, 0.25) is 0 Å². The third-order valence-electron chi connectivity index (χ3n) is 0.808. The zero-order valence-corrected chi connectivity index (χ0v) is 5.18. The van der Waals surface area contributed by atoms with Gasteiger partial charge in [0.1, 0.15) is 6.34 Å². The number of rotatable bonds is 2. The van der Waals surface area contributed by atoms with Crippen molar-refractivity contribution in [3.63, 3.8) is 0 Å². The first kappa shape index (κ1) is 7.08. The second-order valence-electron chi connectivity index (χ2n) is 1.44. The van der Waals surface area contributed by atoms with Gasteiger partial charge in [0.2, 0.25) is 0 Å². The van der Waals surface area contributed by atoms with Crippen LogP contribution in [-0.2, 0) is 0 Å². The van der Waals surface area contributed by atoms with Gasteiger partial charge < -0.3 is 0 Å². The van der Waals surface area contributed by atoms with Crippen molar-refractivity contribution in [2.75, 3.05) is 0 Å². The van der Waals surface area contributed by atoms with E-state index >= 15 is 0 Å². The first-order valence-electron chi connectivity index (χ1n) is 2.46. The summed E-state index contributed by atoms with van der Waals surface area (Å²) in [6.45, 7) is 3.87. The molecule has 0 bridgehead atoms. The molecule has 0 aromatic heterocycles. The molecule has 0 aliphatic carbocycles. The Morgan fingerprint density at radius 2 is 2.25 bits per heavy atom. The summed E-state index contributed by atoms with van der Waals surface area (Å²) in [4.78, 5) is 3.59. The van der Waals surface area contributed by atoms with E-state index in [0.717, 1.165) is 11.9 Å². The second kappa shape index (κ2) is 4.24. The molecule has 0 aromatic rings. The Hall–Kier alpha value is -0.920. The summed E-state index contributed by atoms with van der Waals surface area (Å²) < 4.78 is 0. The fourth-order valence-electron chi connectivity index (χ4n) is 0.229. The molecule has 2 heteroatoms. The summed E-state index contributed by atoms with van der Waals surface area (Å²) in [7, 11) is 0. The van der Waals surface area contributed by atoms with Gasteiger partial charge in [-0.3, -0.25) is 5.41 Å². The SMILES string of the molecule is C/C=C(/C)C=NC=N. The van der Waals surface area contributed by atoms with Gasteiger partial charge in [0.25, 0.3) is 0 Å². The normalized spacial score (nSPS) is 12.5. The Balaban J connectivity index is 3.69. The van der Waals surface area contributed by atoms with Gasteiger partial charge in [0, 0.05) is 6.21 Å². The molecule has 0 heterocycles. The monoisotopic (exact) mass is 110 g/mol. The molecule has 0 amide bonds. The maximum Gasteiger partial charge on any atom is 0.106 e. The van der Waals surface area contributed by atoms with Gasteiger partial charge in [0.05, 0.1) is 0 Å². The van der Waals surface area contributed by atoms with Crippen molar-refractivity contribution in [3.05, 3.63) is 11.6 Å². The fraction of sp³-hybridized carbons (Fsp3) is 0.333. The van der Waals surface area contributed by atoms with Gasteiger partial charge >= 0.3 is 0 Å². The molecule has 0 saturated heterocycles. The van der Waals surface area contributed by atoms with Crippen molar-refractivity contribution in [1.29, 1.82) is 5.41 Å². The molecule has 0 unspecified atom stereocenters. The topological polar surface area (TPSA) is 36.2 Å². The molecule has 0 saturated carbocycles. The van der Waals surface area contributed by atoms with E-state index in [1.165, 1.54) is 0 Å². The first-order chi connectivity index (χ1) is 3.81. The Morgan fingerprint density at radius 3 is 2.62 bits per heavy atom. The largest absolute Gasteiger partial charge is 0.290 e. The lowest BCUT2D eigenvalue weighted by Gasteiger charge is -1.80. The molecule has 0 radical (unpaired) electrons. The van der Waals surface area contributed by atoms with Crippen LogP contribution in [0.15, 0.2) is 16.6 Å². The van der Waals surface area contributed by atoms with Crippen molar-refractivity contribution in [2.24, 2.45) is 4.99 Å². The molecule has 2 nitrogen and oxygen atoms in total. The maximum atomic E-state index is 6.52. The van der Waals surface area contributed by atoms with E-state index < -0.39 is 0 Å². The van der Waals surface area contributed by atoms with Crippen molar-refractivity contribution in [3.8, 4) is 0 Å². The van der Waals surface area contributed by atoms with E-state index in [-0.39, 0.29) is 0 Å². The minimum Gasteiger partial charge on any atom is -0.290 e. The highest BCUT2D eigenvalue weighted by atomic mass is 14.7. The summed E-state index contributed by atoms with van der Waals surface area (Å²) in [5, 5.41) is 6.52. The molecule has 0 rings (SSSR count). The van der Waals surface area contributed by atoms with Crippen LogP contribution in [0.3, 0.4) is 0 Å². The maximum absolute atomic E-state index is 6.52. The van der Waals surface area contributed by atoms with Crippen LogP contribution < -0.4 is 0 Å². The van der Waals surface area contributed by atoms with Crippen molar-refractivity contribution in [1.82, 2.24) is 0 Å². The second-order valence-corrected chi connectivity index (χ2v) is 1.44. The Morgan fingerprint density at radius 1 is 1.62 bits per heavy atom. The smallest absolute Gasteiger partial charge is 0.106 e. The highest BCUT2D eigenvalue weighted by molar-refractivity contribution is 5.83. The average Bonchev–Trinajstić information content (AvgIpc) is 1.83. The summed E-state index contributed by atoms with van der Waals surface area (Å²) in [5.41, 5.74) is 1.08. The molecule has 44 valence electrons. The van der Waals surface area contributed by atoms with Crippen LogP contribution in [0.1, 0.15) is 13.8 Å². The van der Waals surface area contributed by atoms with E-state index in [9.17, 15) is 0 Å². The van der Waals surface area contributed by atoms with Crippen LogP contribution in [0.5, 0.6) is 0 Å². The zero-order chi connectivity index (χ0) is 6.41. The summed E-state index contributed by atoms with van der Waals surface area (Å²) >= 11 is 0. The predicted octanol–water partition coefficient (Wildman–Crippen LogP) is 1.63. The number of nitrogens with one attached hydrogen (secondary N) is 1. The van der Waals surface area contributed by atoms with E-state index in [4.69, 9.17) is 5.41 Å². The lowest BCUT2D eigenvalue weighted by atomic mass is 10.3. The quantitative estimate of drug-likeness (QED) is 0.414. The van der Waals surface area contributed by atoms with Crippen LogP contribution >= 0.6 is 0 Å². The van der Waals surface area contributed by atoms with Gasteiger partial charge in [0.15, 0.2) is 0 Å². The molecule has 0 fully saturated rings. The van der Waals surface area contributed by atoms with Crippen LogP contribution in [-0.4, -0.2) is 12.6 Å². The van der Waals surface area contributed by atoms with Crippen LogP contribution in [0, 0.1) is 5.41 Å². The number of aliphatic imine (C=N–C) groups is 1. The number of nitrogens with zero attached hydrogens (tertiary/aromatic N) is 1. The molecule has 8 heavy (non-hydrogen) atoms. The molecule has 1 N–H and O–H groups in total. The molecule has 0 aliphatic heterocycles. The number of hydrogen-bond acceptors (Lipinski definition) is 1. The van der Waals surface area contributed by atoms with Gasteiger partial charge in [-0.05, 0) is 19.4 Å². The van der Waals surface area contributed by atoms with E-state index in [1.807, 2.05) is 19.9 Å². The molecule has 0 spiro atoms. The minimum atomic E-state index is 1.02. The molecular weight excluding hydrogens is 100 g/mol. The van der Waals surface area contributed by atoms with Gasteiger partial charge in [-0.1, -0.05) is 6.08 Å². The molecular formula is C6H10N2. The minimum absolute atomic E-state index is 1.02. The predicted molar refractivity (Wildman–Crippen MR) is 36.7 cm³/mol. The highest BCUT2D eigenvalue weighted by Crippen LogP contribution is 1.83. The number of allylic oxidation sites excluding steroid dienone is 2. The molecule has 0 aromatic carbocycles.